The molecule has 0 bridgehead atoms. The molecule has 0 fully saturated rings. The van der Waals surface area contributed by atoms with Gasteiger partial charge in [-0.15, -0.1) is 22.7 Å². The van der Waals surface area contributed by atoms with Crippen molar-refractivity contribution in [2.75, 3.05) is 0 Å². The molecule has 0 aliphatic heterocycles. The Bertz CT molecular complexity index is 457. The average Bonchev–Trinajstić information content (AvgIpc) is 3.02. The van der Waals surface area contributed by atoms with E-state index in [9.17, 15) is 5.11 Å². The summed E-state index contributed by atoms with van der Waals surface area (Å²) in [6.45, 7) is 2.26. The summed E-state index contributed by atoms with van der Waals surface area (Å²) in [5.41, 5.74) is 0. The van der Waals surface area contributed by atoms with E-state index in [2.05, 4.69) is 24.4 Å². The first-order valence-electron chi connectivity index (χ1n) is 7.96. The first-order valence-corrected chi connectivity index (χ1v) is 9.66. The summed E-state index contributed by atoms with van der Waals surface area (Å²) in [7, 11) is 0. The normalized spacial score (nSPS) is 13.1. The molecule has 0 saturated heterocycles. The molecule has 1 atom stereocenters. The average molecular weight is 311 g/mol. The van der Waals surface area contributed by atoms with Crippen molar-refractivity contribution in [3.8, 4) is 0 Å². The molecule has 112 valence electrons. The summed E-state index contributed by atoms with van der Waals surface area (Å²) in [5.74, 6) is 0. The summed E-state index contributed by atoms with van der Waals surface area (Å²) in [6.07, 6.45) is 11.3. The minimum atomic E-state index is -0.250. The van der Waals surface area contributed by atoms with Crippen molar-refractivity contribution in [3.05, 3.63) is 22.4 Å². The Kier molecular flexibility index (Phi) is 7.05. The summed E-state index contributed by atoms with van der Waals surface area (Å²) in [4.78, 5) is 1.15. The van der Waals surface area contributed by atoms with Gasteiger partial charge in [0, 0.05) is 14.3 Å². The summed E-state index contributed by atoms with van der Waals surface area (Å²) < 4.78 is 2.64. The lowest BCUT2D eigenvalue weighted by Crippen LogP contribution is -1.94. The molecule has 2 rings (SSSR count). The fraction of sp³-hybridized carbons (Fsp3) is 0.647. The van der Waals surface area contributed by atoms with Crippen LogP contribution in [-0.4, -0.2) is 5.11 Å². The molecule has 0 aromatic carbocycles. The van der Waals surface area contributed by atoms with Crippen molar-refractivity contribution >= 4 is 32.1 Å². The van der Waals surface area contributed by atoms with E-state index in [0.29, 0.717) is 0 Å². The van der Waals surface area contributed by atoms with E-state index >= 15 is 0 Å². The van der Waals surface area contributed by atoms with Gasteiger partial charge in [0.05, 0.1) is 6.10 Å². The second-order valence-electron chi connectivity index (χ2n) is 5.58. The summed E-state index contributed by atoms with van der Waals surface area (Å²) >= 11 is 3.52. The van der Waals surface area contributed by atoms with Gasteiger partial charge in [-0.2, -0.15) is 0 Å². The predicted molar refractivity (Wildman–Crippen MR) is 91.9 cm³/mol. The smallest absolute Gasteiger partial charge is 0.0882 e. The van der Waals surface area contributed by atoms with Gasteiger partial charge in [-0.3, -0.25) is 0 Å². The number of unbranched alkanes of at least 4 members (excludes halogenated alkanes) is 7. The highest BCUT2D eigenvalue weighted by atomic mass is 32.1. The third-order valence-electron chi connectivity index (χ3n) is 3.82. The van der Waals surface area contributed by atoms with Gasteiger partial charge in [0.2, 0.25) is 0 Å². The SMILES string of the molecule is CCCCCCCCCCC(O)c1cc2sccc2s1. The number of thiophene rings is 2. The lowest BCUT2D eigenvalue weighted by Gasteiger charge is -2.08. The summed E-state index contributed by atoms with van der Waals surface area (Å²) in [6, 6.07) is 4.32. The van der Waals surface area contributed by atoms with Crippen LogP contribution in [0.3, 0.4) is 0 Å². The quantitative estimate of drug-likeness (QED) is 0.495. The molecule has 0 aliphatic rings. The van der Waals surface area contributed by atoms with Gasteiger partial charge in [0.1, 0.15) is 0 Å². The molecule has 0 aliphatic carbocycles. The van der Waals surface area contributed by atoms with Crippen LogP contribution >= 0.6 is 22.7 Å². The fourth-order valence-corrected chi connectivity index (χ4v) is 4.70. The maximum Gasteiger partial charge on any atom is 0.0882 e. The molecule has 0 spiro atoms. The minimum Gasteiger partial charge on any atom is -0.388 e. The van der Waals surface area contributed by atoms with Crippen molar-refractivity contribution in [2.24, 2.45) is 0 Å². The highest BCUT2D eigenvalue weighted by Crippen LogP contribution is 2.34. The van der Waals surface area contributed by atoms with Gasteiger partial charge in [0.25, 0.3) is 0 Å². The van der Waals surface area contributed by atoms with E-state index in [4.69, 9.17) is 0 Å². The number of aliphatic hydroxyl groups is 1. The van der Waals surface area contributed by atoms with Gasteiger partial charge in [-0.25, -0.2) is 0 Å². The Morgan fingerprint density at radius 1 is 1.00 bits per heavy atom. The molecule has 3 heteroatoms. The molecule has 1 unspecified atom stereocenters. The molecular weight excluding hydrogens is 284 g/mol. The Labute approximate surface area is 130 Å². The van der Waals surface area contributed by atoms with Crippen LogP contribution in [0.2, 0.25) is 0 Å². The van der Waals surface area contributed by atoms with Crippen LogP contribution in [0.5, 0.6) is 0 Å². The van der Waals surface area contributed by atoms with Gasteiger partial charge < -0.3 is 5.11 Å². The number of aliphatic hydroxyl groups excluding tert-OH is 1. The van der Waals surface area contributed by atoms with Crippen LogP contribution in [0.1, 0.15) is 75.7 Å². The van der Waals surface area contributed by atoms with Crippen LogP contribution in [-0.2, 0) is 0 Å². The Morgan fingerprint density at radius 3 is 2.40 bits per heavy atom. The number of hydrogen-bond donors (Lipinski definition) is 1. The van der Waals surface area contributed by atoms with Crippen LogP contribution in [0, 0.1) is 0 Å². The minimum absolute atomic E-state index is 0.250. The van der Waals surface area contributed by atoms with E-state index in [0.717, 1.165) is 17.7 Å². The molecule has 2 heterocycles. The first kappa shape index (κ1) is 16.0. The molecule has 2 aromatic rings. The second kappa shape index (κ2) is 8.81. The maximum atomic E-state index is 10.2. The molecule has 1 N–H and O–H groups in total. The molecule has 20 heavy (non-hydrogen) atoms. The maximum absolute atomic E-state index is 10.2. The lowest BCUT2D eigenvalue weighted by molar-refractivity contribution is 0.167. The van der Waals surface area contributed by atoms with Crippen molar-refractivity contribution < 1.29 is 5.11 Å². The zero-order valence-corrected chi connectivity index (χ0v) is 14.1. The summed E-state index contributed by atoms with van der Waals surface area (Å²) in [5, 5.41) is 12.3. The fourth-order valence-electron chi connectivity index (χ4n) is 2.56. The van der Waals surface area contributed by atoms with Crippen LogP contribution in [0.15, 0.2) is 17.5 Å². The molecule has 0 radical (unpaired) electrons. The van der Waals surface area contributed by atoms with Crippen molar-refractivity contribution in [1.29, 1.82) is 0 Å². The van der Waals surface area contributed by atoms with E-state index in [1.807, 2.05) is 0 Å². The number of rotatable bonds is 10. The highest BCUT2D eigenvalue weighted by Gasteiger charge is 2.11. The second-order valence-corrected chi connectivity index (χ2v) is 7.64. The Morgan fingerprint density at radius 2 is 1.70 bits per heavy atom. The van der Waals surface area contributed by atoms with Gasteiger partial charge in [0.15, 0.2) is 0 Å². The first-order chi connectivity index (χ1) is 9.81. The van der Waals surface area contributed by atoms with Crippen LogP contribution in [0.25, 0.3) is 9.40 Å². The lowest BCUT2D eigenvalue weighted by atomic mass is 10.1. The number of fused-ring (bicyclic) bond motifs is 1. The van der Waals surface area contributed by atoms with E-state index < -0.39 is 0 Å². The van der Waals surface area contributed by atoms with Crippen molar-refractivity contribution in [3.63, 3.8) is 0 Å². The van der Waals surface area contributed by atoms with Crippen LogP contribution < -0.4 is 0 Å². The van der Waals surface area contributed by atoms with E-state index in [1.165, 1.54) is 54.3 Å². The van der Waals surface area contributed by atoms with Crippen molar-refractivity contribution in [1.82, 2.24) is 0 Å². The molecule has 0 amide bonds. The topological polar surface area (TPSA) is 20.2 Å². The molecule has 2 aromatic heterocycles. The third kappa shape index (κ3) is 4.87. The van der Waals surface area contributed by atoms with Gasteiger partial charge in [-0.05, 0) is 23.9 Å². The molecular formula is C17H26OS2. The largest absolute Gasteiger partial charge is 0.388 e. The highest BCUT2D eigenvalue weighted by molar-refractivity contribution is 7.26. The molecule has 0 saturated carbocycles. The van der Waals surface area contributed by atoms with Gasteiger partial charge >= 0.3 is 0 Å². The Balaban J connectivity index is 1.58. The number of hydrogen-bond acceptors (Lipinski definition) is 3. The monoisotopic (exact) mass is 310 g/mol. The third-order valence-corrected chi connectivity index (χ3v) is 6.01. The van der Waals surface area contributed by atoms with Gasteiger partial charge in [-0.1, -0.05) is 58.3 Å². The van der Waals surface area contributed by atoms with E-state index in [-0.39, 0.29) is 6.10 Å². The standard InChI is InChI=1S/C17H26OS2/c1-2-3-4-5-6-7-8-9-10-14(18)16-13-17-15(20-16)11-12-19-17/h11-14,18H,2-10H2,1H3. The Hall–Kier alpha value is -0.380. The molecule has 1 nitrogen and oxygen atoms in total. The van der Waals surface area contributed by atoms with Crippen LogP contribution in [0.4, 0.5) is 0 Å². The van der Waals surface area contributed by atoms with Crippen molar-refractivity contribution in [2.45, 2.75) is 70.8 Å². The van der Waals surface area contributed by atoms with E-state index in [1.54, 1.807) is 22.7 Å². The predicted octanol–water partition coefficient (Wildman–Crippen LogP) is 6.53. The zero-order chi connectivity index (χ0) is 14.2. The zero-order valence-electron chi connectivity index (χ0n) is 12.4.